The lowest BCUT2D eigenvalue weighted by atomic mass is 9.53. The van der Waals surface area contributed by atoms with Gasteiger partial charge in [0.15, 0.2) is 11.0 Å². The number of benzene rings is 1. The Labute approximate surface area is 204 Å². The maximum absolute atomic E-state index is 12.8. The van der Waals surface area contributed by atoms with E-state index in [2.05, 4.69) is 20.8 Å². The maximum Gasteiger partial charge on any atom is 0.321 e. The van der Waals surface area contributed by atoms with Crippen LogP contribution in [-0.4, -0.2) is 44.6 Å². The first-order valence-corrected chi connectivity index (χ1v) is 13.1. The fourth-order valence-corrected chi connectivity index (χ4v) is 7.49. The number of rotatable bonds is 7. The lowest BCUT2D eigenvalue weighted by Gasteiger charge is -2.56. The van der Waals surface area contributed by atoms with Crippen molar-refractivity contribution in [2.24, 2.45) is 17.8 Å². The van der Waals surface area contributed by atoms with Crippen LogP contribution in [0.15, 0.2) is 29.4 Å². The Balaban J connectivity index is 1.20. The molecule has 1 aromatic heterocycles. The number of hydrogen-bond donors (Lipinski definition) is 2. The average molecular weight is 484 g/mol. The van der Waals surface area contributed by atoms with Gasteiger partial charge in [0.25, 0.3) is 0 Å². The maximum atomic E-state index is 12.8. The monoisotopic (exact) mass is 483 g/mol. The van der Waals surface area contributed by atoms with Crippen molar-refractivity contribution in [3.8, 4) is 17.1 Å². The normalized spacial score (nSPS) is 27.9. The zero-order chi connectivity index (χ0) is 23.9. The molecule has 2 N–H and O–H groups in total. The first-order valence-electron chi connectivity index (χ1n) is 12.3. The van der Waals surface area contributed by atoms with E-state index < -0.39 is 5.25 Å². The van der Waals surface area contributed by atoms with Crippen LogP contribution in [0.25, 0.3) is 11.4 Å². The van der Waals surface area contributed by atoms with Gasteiger partial charge >= 0.3 is 6.03 Å². The fourth-order valence-electron chi connectivity index (χ4n) is 6.58. The standard InChI is InChI=1S/C25H33N5O3S/c1-4-30-21(19-5-7-20(33-3)8-6-19)28-29-24(30)34-15(2)22(31)26-23(32)27-25-12-16-9-17(13-25)11-18(10-16)14-25/h5-8,15-18H,4,9-14H2,1-3H3,(H2,26,27,31,32). The minimum atomic E-state index is -0.486. The van der Waals surface area contributed by atoms with E-state index in [-0.39, 0.29) is 17.5 Å². The number of aromatic nitrogens is 3. The van der Waals surface area contributed by atoms with Gasteiger partial charge in [0.05, 0.1) is 12.4 Å². The molecular formula is C25H33N5O3S. The highest BCUT2D eigenvalue weighted by Crippen LogP contribution is 2.55. The summed E-state index contributed by atoms with van der Waals surface area (Å²) in [5.41, 5.74) is 0.805. The van der Waals surface area contributed by atoms with E-state index in [1.54, 1.807) is 14.0 Å². The predicted octanol–water partition coefficient (Wildman–Crippen LogP) is 4.25. The van der Waals surface area contributed by atoms with Crippen molar-refractivity contribution < 1.29 is 14.3 Å². The fraction of sp³-hybridized carbons (Fsp3) is 0.600. The Hall–Kier alpha value is -2.55. The number of amides is 3. The zero-order valence-electron chi connectivity index (χ0n) is 20.0. The molecule has 34 heavy (non-hydrogen) atoms. The van der Waals surface area contributed by atoms with E-state index in [1.165, 1.54) is 31.0 Å². The summed E-state index contributed by atoms with van der Waals surface area (Å²) in [5, 5.41) is 14.6. The third kappa shape index (κ3) is 4.54. The molecule has 4 bridgehead atoms. The summed E-state index contributed by atoms with van der Waals surface area (Å²) in [6, 6.07) is 7.28. The summed E-state index contributed by atoms with van der Waals surface area (Å²) in [6.07, 6.45) is 7.10. The zero-order valence-corrected chi connectivity index (χ0v) is 20.9. The summed E-state index contributed by atoms with van der Waals surface area (Å²) in [7, 11) is 1.63. The molecule has 0 radical (unpaired) electrons. The number of hydrogen-bond acceptors (Lipinski definition) is 6. The highest BCUT2D eigenvalue weighted by molar-refractivity contribution is 8.00. The predicted molar refractivity (Wildman–Crippen MR) is 131 cm³/mol. The van der Waals surface area contributed by atoms with Gasteiger partial charge in [-0.3, -0.25) is 10.1 Å². The highest BCUT2D eigenvalue weighted by atomic mass is 32.2. The molecule has 4 saturated carbocycles. The van der Waals surface area contributed by atoms with Gasteiger partial charge in [0.2, 0.25) is 5.91 Å². The van der Waals surface area contributed by atoms with Crippen molar-refractivity contribution in [3.63, 3.8) is 0 Å². The molecule has 4 fully saturated rings. The van der Waals surface area contributed by atoms with E-state index in [1.807, 2.05) is 35.8 Å². The average Bonchev–Trinajstić information content (AvgIpc) is 3.20. The number of carbonyl (C=O) groups is 2. The van der Waals surface area contributed by atoms with Crippen LogP contribution in [-0.2, 0) is 11.3 Å². The Morgan fingerprint density at radius 2 is 1.74 bits per heavy atom. The molecule has 1 aromatic carbocycles. The third-order valence-corrected chi connectivity index (χ3v) is 8.77. The lowest BCUT2D eigenvalue weighted by molar-refractivity contribution is -0.119. The minimum absolute atomic E-state index is 0.120. The number of nitrogens with zero attached hydrogens (tertiary/aromatic N) is 3. The minimum Gasteiger partial charge on any atom is -0.497 e. The molecule has 1 atom stereocenters. The molecule has 1 unspecified atom stereocenters. The van der Waals surface area contributed by atoms with Crippen LogP contribution in [0.1, 0.15) is 52.4 Å². The summed E-state index contributed by atoms with van der Waals surface area (Å²) in [6.45, 7) is 4.47. The van der Waals surface area contributed by atoms with Crippen LogP contribution in [0.2, 0.25) is 0 Å². The number of carbonyl (C=O) groups excluding carboxylic acids is 2. The number of thioether (sulfide) groups is 1. The number of ether oxygens (including phenoxy) is 1. The van der Waals surface area contributed by atoms with E-state index >= 15 is 0 Å². The summed E-state index contributed by atoms with van der Waals surface area (Å²) in [5.74, 6) is 3.40. The number of methoxy groups -OCH3 is 1. The van der Waals surface area contributed by atoms with Gasteiger partial charge < -0.3 is 14.6 Å². The molecule has 3 amide bonds. The van der Waals surface area contributed by atoms with Gasteiger partial charge in [0.1, 0.15) is 5.75 Å². The molecular weight excluding hydrogens is 450 g/mol. The Morgan fingerprint density at radius 1 is 1.12 bits per heavy atom. The quantitative estimate of drug-likeness (QED) is 0.572. The molecule has 6 rings (SSSR count). The van der Waals surface area contributed by atoms with Gasteiger partial charge in [-0.1, -0.05) is 11.8 Å². The van der Waals surface area contributed by atoms with Crippen LogP contribution >= 0.6 is 11.8 Å². The van der Waals surface area contributed by atoms with Gasteiger partial charge in [-0.25, -0.2) is 4.79 Å². The van der Waals surface area contributed by atoms with Gasteiger partial charge in [-0.15, -0.1) is 10.2 Å². The van der Waals surface area contributed by atoms with Crippen LogP contribution in [0.5, 0.6) is 5.75 Å². The lowest BCUT2D eigenvalue weighted by Crippen LogP contribution is -2.62. The smallest absolute Gasteiger partial charge is 0.321 e. The molecule has 2 aromatic rings. The van der Waals surface area contributed by atoms with Crippen molar-refractivity contribution in [2.45, 2.75) is 74.9 Å². The molecule has 4 aliphatic carbocycles. The van der Waals surface area contributed by atoms with E-state index in [0.29, 0.717) is 11.7 Å². The highest BCUT2D eigenvalue weighted by Gasteiger charge is 2.51. The van der Waals surface area contributed by atoms with E-state index in [4.69, 9.17) is 4.74 Å². The van der Waals surface area contributed by atoms with Gasteiger partial charge in [-0.05, 0) is 94.4 Å². The molecule has 8 nitrogen and oxygen atoms in total. The molecule has 1 heterocycles. The van der Waals surface area contributed by atoms with E-state index in [0.717, 1.165) is 54.2 Å². The Kier molecular flexibility index (Phi) is 6.31. The summed E-state index contributed by atoms with van der Waals surface area (Å²) < 4.78 is 7.21. The van der Waals surface area contributed by atoms with Crippen LogP contribution in [0, 0.1) is 17.8 Å². The molecule has 182 valence electrons. The van der Waals surface area contributed by atoms with Gasteiger partial charge in [0, 0.05) is 17.6 Å². The van der Waals surface area contributed by atoms with E-state index in [9.17, 15) is 9.59 Å². The number of urea groups is 1. The molecule has 9 heteroatoms. The van der Waals surface area contributed by atoms with Crippen molar-refractivity contribution in [2.75, 3.05) is 7.11 Å². The van der Waals surface area contributed by atoms with Crippen LogP contribution in [0.4, 0.5) is 4.79 Å². The topological polar surface area (TPSA) is 98.1 Å². The third-order valence-electron chi connectivity index (χ3n) is 7.69. The van der Waals surface area contributed by atoms with Crippen molar-refractivity contribution >= 4 is 23.7 Å². The largest absolute Gasteiger partial charge is 0.497 e. The van der Waals surface area contributed by atoms with Crippen molar-refractivity contribution in [1.82, 2.24) is 25.4 Å². The Morgan fingerprint density at radius 3 is 2.29 bits per heavy atom. The SMILES string of the molecule is CCn1c(SC(C)C(=O)NC(=O)NC23CC4CC(CC(C4)C2)C3)nnc1-c1ccc(OC)cc1. The molecule has 0 aliphatic heterocycles. The first-order chi connectivity index (χ1) is 16.4. The molecule has 0 saturated heterocycles. The van der Waals surface area contributed by atoms with Crippen LogP contribution < -0.4 is 15.4 Å². The number of nitrogens with one attached hydrogen (secondary N) is 2. The first kappa shape index (κ1) is 23.2. The van der Waals surface area contributed by atoms with Crippen molar-refractivity contribution in [3.05, 3.63) is 24.3 Å². The second-order valence-electron chi connectivity index (χ2n) is 10.2. The summed E-state index contributed by atoms with van der Waals surface area (Å²) >= 11 is 1.31. The van der Waals surface area contributed by atoms with Gasteiger partial charge in [-0.2, -0.15) is 0 Å². The molecule has 4 aliphatic rings. The molecule has 0 spiro atoms. The van der Waals surface area contributed by atoms with Crippen LogP contribution in [0.3, 0.4) is 0 Å². The second kappa shape index (κ2) is 9.24. The van der Waals surface area contributed by atoms with Crippen molar-refractivity contribution in [1.29, 1.82) is 0 Å². The summed E-state index contributed by atoms with van der Waals surface area (Å²) in [4.78, 5) is 25.6. The number of imide groups is 1. The second-order valence-corrected chi connectivity index (χ2v) is 11.5. The Bertz CT molecular complexity index is 1030.